The zero-order valence-corrected chi connectivity index (χ0v) is 9.11. The Labute approximate surface area is 98.0 Å². The number of aromatic nitrogens is 3. The normalized spacial score (nSPS) is 18.7. The van der Waals surface area contributed by atoms with Gasteiger partial charge in [0.1, 0.15) is 6.10 Å². The molecular formula is C12H11N3O2. The molecular weight excluding hydrogens is 218 g/mol. The van der Waals surface area contributed by atoms with E-state index < -0.39 is 0 Å². The molecule has 1 aliphatic heterocycles. The average Bonchev–Trinajstić information content (AvgIpc) is 2.81. The van der Waals surface area contributed by atoms with Gasteiger partial charge in [0, 0.05) is 0 Å². The van der Waals surface area contributed by atoms with Gasteiger partial charge in [-0.2, -0.15) is 0 Å². The van der Waals surface area contributed by atoms with Crippen molar-refractivity contribution in [3.8, 4) is 0 Å². The molecule has 17 heavy (non-hydrogen) atoms. The van der Waals surface area contributed by atoms with Crippen LogP contribution in [0.3, 0.4) is 0 Å². The second-order valence-corrected chi connectivity index (χ2v) is 3.93. The van der Waals surface area contributed by atoms with Crippen LogP contribution >= 0.6 is 0 Å². The van der Waals surface area contributed by atoms with Gasteiger partial charge in [0.05, 0.1) is 18.8 Å². The van der Waals surface area contributed by atoms with E-state index in [0.717, 1.165) is 11.3 Å². The largest absolute Gasteiger partial charge is 0.365 e. The minimum Gasteiger partial charge on any atom is -0.365 e. The summed E-state index contributed by atoms with van der Waals surface area (Å²) in [6.45, 7) is 0.973. The minimum absolute atomic E-state index is 0.0232. The lowest BCUT2D eigenvalue weighted by atomic mass is 10.1. The third kappa shape index (κ3) is 1.74. The Bertz CT molecular complexity index is 536. The summed E-state index contributed by atoms with van der Waals surface area (Å²) in [5.74, 6) is 0. The predicted octanol–water partition coefficient (Wildman–Crippen LogP) is 1.36. The zero-order valence-electron chi connectivity index (χ0n) is 9.11. The van der Waals surface area contributed by atoms with Crippen LogP contribution in [0.1, 0.15) is 27.8 Å². The molecule has 5 nitrogen and oxygen atoms in total. The Kier molecular flexibility index (Phi) is 2.45. The standard InChI is InChI=1S/C12H11N3O2/c16-7-10-11-8-17-12(6-15(11)14-13-10)9-4-2-1-3-5-9/h1-5,7,12H,6,8H2/t12-/m0/s1. The molecule has 0 radical (unpaired) electrons. The number of hydrogen-bond donors (Lipinski definition) is 0. The molecule has 0 aliphatic carbocycles. The van der Waals surface area contributed by atoms with Crippen molar-refractivity contribution in [2.75, 3.05) is 0 Å². The van der Waals surface area contributed by atoms with Crippen molar-refractivity contribution in [2.24, 2.45) is 0 Å². The number of fused-ring (bicyclic) bond motifs is 1. The highest BCUT2D eigenvalue weighted by molar-refractivity contribution is 5.73. The number of nitrogens with zero attached hydrogens (tertiary/aromatic N) is 3. The van der Waals surface area contributed by atoms with Gasteiger partial charge in [-0.3, -0.25) is 4.79 Å². The summed E-state index contributed by atoms with van der Waals surface area (Å²) in [6.07, 6.45) is 0.690. The first-order valence-electron chi connectivity index (χ1n) is 5.42. The molecule has 86 valence electrons. The number of hydrogen-bond acceptors (Lipinski definition) is 4. The van der Waals surface area contributed by atoms with Gasteiger partial charge in [0.25, 0.3) is 0 Å². The van der Waals surface area contributed by atoms with E-state index in [2.05, 4.69) is 10.3 Å². The van der Waals surface area contributed by atoms with Crippen molar-refractivity contribution in [2.45, 2.75) is 19.3 Å². The van der Waals surface area contributed by atoms with Gasteiger partial charge < -0.3 is 4.74 Å². The lowest BCUT2D eigenvalue weighted by molar-refractivity contribution is -0.00163. The molecule has 5 heteroatoms. The summed E-state index contributed by atoms with van der Waals surface area (Å²) in [7, 11) is 0. The molecule has 1 aromatic heterocycles. The Morgan fingerprint density at radius 3 is 2.94 bits per heavy atom. The smallest absolute Gasteiger partial charge is 0.172 e. The summed E-state index contributed by atoms with van der Waals surface area (Å²) >= 11 is 0. The Morgan fingerprint density at radius 2 is 2.18 bits per heavy atom. The monoisotopic (exact) mass is 229 g/mol. The summed E-state index contributed by atoms with van der Waals surface area (Å²) < 4.78 is 7.47. The second-order valence-electron chi connectivity index (χ2n) is 3.93. The molecule has 0 unspecified atom stereocenters. The van der Waals surface area contributed by atoms with Crippen LogP contribution in [0, 0.1) is 0 Å². The van der Waals surface area contributed by atoms with E-state index in [1.165, 1.54) is 0 Å². The van der Waals surface area contributed by atoms with Gasteiger partial charge in [-0.15, -0.1) is 5.10 Å². The zero-order chi connectivity index (χ0) is 11.7. The summed E-state index contributed by atoms with van der Waals surface area (Å²) in [5.41, 5.74) is 2.24. The van der Waals surface area contributed by atoms with E-state index in [0.29, 0.717) is 25.1 Å². The Balaban J connectivity index is 1.89. The maximum atomic E-state index is 10.7. The maximum absolute atomic E-state index is 10.7. The molecule has 0 N–H and O–H groups in total. The summed E-state index contributed by atoms with van der Waals surface area (Å²) in [4.78, 5) is 10.7. The molecule has 1 aromatic carbocycles. The van der Waals surface area contributed by atoms with Crippen LogP contribution in [0.4, 0.5) is 0 Å². The van der Waals surface area contributed by atoms with Gasteiger partial charge in [0.15, 0.2) is 12.0 Å². The average molecular weight is 229 g/mol. The van der Waals surface area contributed by atoms with Crippen LogP contribution in [0.2, 0.25) is 0 Å². The highest BCUT2D eigenvalue weighted by atomic mass is 16.5. The first-order valence-corrected chi connectivity index (χ1v) is 5.42. The van der Waals surface area contributed by atoms with Crippen LogP contribution in [-0.4, -0.2) is 21.3 Å². The summed E-state index contributed by atoms with van der Waals surface area (Å²) in [6, 6.07) is 9.97. The molecule has 1 atom stereocenters. The van der Waals surface area contributed by atoms with Crippen LogP contribution < -0.4 is 0 Å². The fourth-order valence-corrected chi connectivity index (χ4v) is 1.99. The lowest BCUT2D eigenvalue weighted by Gasteiger charge is -2.23. The number of carbonyl (C=O) groups excluding carboxylic acids is 1. The number of ether oxygens (including phenoxy) is 1. The van der Waals surface area contributed by atoms with Crippen LogP contribution in [0.25, 0.3) is 0 Å². The fourth-order valence-electron chi connectivity index (χ4n) is 1.99. The molecule has 1 aliphatic rings. The molecule has 0 saturated heterocycles. The quantitative estimate of drug-likeness (QED) is 0.730. The van der Waals surface area contributed by atoms with Crippen LogP contribution in [0.5, 0.6) is 0 Å². The fraction of sp³-hybridized carbons (Fsp3) is 0.250. The van der Waals surface area contributed by atoms with Gasteiger partial charge in [-0.1, -0.05) is 35.5 Å². The molecule has 0 bridgehead atoms. The number of carbonyl (C=O) groups is 1. The topological polar surface area (TPSA) is 57.0 Å². The molecule has 0 spiro atoms. The number of rotatable bonds is 2. The van der Waals surface area contributed by atoms with Gasteiger partial charge in [-0.05, 0) is 5.56 Å². The highest BCUT2D eigenvalue weighted by Crippen LogP contribution is 2.26. The molecule has 2 aromatic rings. The predicted molar refractivity (Wildman–Crippen MR) is 59.4 cm³/mol. The molecule has 0 amide bonds. The third-order valence-corrected chi connectivity index (χ3v) is 2.91. The van der Waals surface area contributed by atoms with E-state index in [4.69, 9.17) is 4.74 Å². The maximum Gasteiger partial charge on any atom is 0.172 e. The third-order valence-electron chi connectivity index (χ3n) is 2.91. The van der Waals surface area contributed by atoms with E-state index in [-0.39, 0.29) is 6.10 Å². The first kappa shape index (κ1) is 10.2. The number of aldehydes is 1. The highest BCUT2D eigenvalue weighted by Gasteiger charge is 2.24. The van der Waals surface area contributed by atoms with Gasteiger partial charge >= 0.3 is 0 Å². The Morgan fingerprint density at radius 1 is 1.35 bits per heavy atom. The molecule has 3 rings (SSSR count). The molecule has 0 saturated carbocycles. The van der Waals surface area contributed by atoms with Crippen molar-refractivity contribution >= 4 is 6.29 Å². The van der Waals surface area contributed by atoms with Gasteiger partial charge in [0.2, 0.25) is 0 Å². The van der Waals surface area contributed by atoms with Crippen LogP contribution in [-0.2, 0) is 17.9 Å². The SMILES string of the molecule is O=Cc1nnn2c1CO[C@H](c1ccccc1)C2. The van der Waals surface area contributed by atoms with Crippen molar-refractivity contribution in [3.63, 3.8) is 0 Å². The van der Waals surface area contributed by atoms with E-state index in [1.807, 2.05) is 30.3 Å². The lowest BCUT2D eigenvalue weighted by Crippen LogP contribution is -2.22. The van der Waals surface area contributed by atoms with Crippen LogP contribution in [0.15, 0.2) is 30.3 Å². The van der Waals surface area contributed by atoms with Gasteiger partial charge in [-0.25, -0.2) is 4.68 Å². The van der Waals surface area contributed by atoms with E-state index >= 15 is 0 Å². The van der Waals surface area contributed by atoms with E-state index in [1.54, 1.807) is 4.68 Å². The molecule has 0 fully saturated rings. The van der Waals surface area contributed by atoms with Crippen molar-refractivity contribution in [1.82, 2.24) is 15.0 Å². The number of benzene rings is 1. The van der Waals surface area contributed by atoms with Crippen molar-refractivity contribution in [1.29, 1.82) is 0 Å². The van der Waals surface area contributed by atoms with Crippen molar-refractivity contribution < 1.29 is 9.53 Å². The second kappa shape index (κ2) is 4.10. The molecule has 2 heterocycles. The summed E-state index contributed by atoms with van der Waals surface area (Å²) in [5, 5.41) is 7.77. The Hall–Kier alpha value is -2.01. The first-order chi connectivity index (χ1) is 8.38. The van der Waals surface area contributed by atoms with E-state index in [9.17, 15) is 4.79 Å². The minimum atomic E-state index is -0.0232. The van der Waals surface area contributed by atoms with Crippen molar-refractivity contribution in [3.05, 3.63) is 47.3 Å².